The molecule has 0 bridgehead atoms. The molecule has 0 saturated carbocycles. The maximum Gasteiger partial charge on any atom is 0.253 e. The Balaban J connectivity index is 2.64. The molecule has 1 amide bonds. The third-order valence-electron chi connectivity index (χ3n) is 2.69. The minimum Gasteiger partial charge on any atom is -0.394 e. The average molecular weight is 237 g/mol. The summed E-state index contributed by atoms with van der Waals surface area (Å²) in [6, 6.07) is 8.39. The van der Waals surface area contributed by atoms with E-state index in [2.05, 4.69) is 5.32 Å². The largest absolute Gasteiger partial charge is 0.394 e. The summed E-state index contributed by atoms with van der Waals surface area (Å²) >= 11 is 0. The normalized spacial score (nSPS) is 14.4. The molecule has 2 atom stereocenters. The summed E-state index contributed by atoms with van der Waals surface area (Å²) in [5, 5.41) is 21.5. The smallest absolute Gasteiger partial charge is 0.253 e. The van der Waals surface area contributed by atoms with Crippen molar-refractivity contribution >= 4 is 5.91 Å². The van der Waals surface area contributed by atoms with Gasteiger partial charge < -0.3 is 15.5 Å². The van der Waals surface area contributed by atoms with Gasteiger partial charge in [-0.15, -0.1) is 0 Å². The highest BCUT2D eigenvalue weighted by atomic mass is 16.3. The Labute approximate surface area is 101 Å². The zero-order chi connectivity index (χ0) is 12.8. The molecule has 1 rings (SSSR count). The first kappa shape index (κ1) is 13.7. The number of hydrogen-bond acceptors (Lipinski definition) is 3. The molecular weight excluding hydrogens is 218 g/mol. The minimum absolute atomic E-state index is 0.118. The lowest BCUT2D eigenvalue weighted by atomic mass is 10.0. The SMILES string of the molecule is CC(C)C(CO)NC(=O)[C@H](O)c1ccccc1. The van der Waals surface area contributed by atoms with Crippen LogP contribution in [0.1, 0.15) is 25.5 Å². The molecule has 4 heteroatoms. The molecule has 1 aromatic carbocycles. The zero-order valence-corrected chi connectivity index (χ0v) is 10.1. The van der Waals surface area contributed by atoms with E-state index in [0.717, 1.165) is 0 Å². The molecule has 0 aliphatic carbocycles. The average Bonchev–Trinajstić information content (AvgIpc) is 2.35. The molecule has 4 nitrogen and oxygen atoms in total. The number of hydrogen-bond donors (Lipinski definition) is 3. The van der Waals surface area contributed by atoms with Crippen LogP contribution in [0.25, 0.3) is 0 Å². The van der Waals surface area contributed by atoms with E-state index in [4.69, 9.17) is 5.11 Å². The Morgan fingerprint density at radius 3 is 2.35 bits per heavy atom. The number of carbonyl (C=O) groups is 1. The number of carbonyl (C=O) groups excluding carboxylic acids is 1. The Morgan fingerprint density at radius 1 is 1.29 bits per heavy atom. The van der Waals surface area contributed by atoms with Gasteiger partial charge in [0.05, 0.1) is 12.6 Å². The molecule has 0 fully saturated rings. The molecule has 94 valence electrons. The van der Waals surface area contributed by atoms with Crippen LogP contribution >= 0.6 is 0 Å². The van der Waals surface area contributed by atoms with Crippen molar-refractivity contribution in [2.24, 2.45) is 5.92 Å². The topological polar surface area (TPSA) is 69.6 Å². The molecule has 0 spiro atoms. The van der Waals surface area contributed by atoms with Crippen LogP contribution in [-0.2, 0) is 4.79 Å². The minimum atomic E-state index is -1.19. The van der Waals surface area contributed by atoms with E-state index in [1.165, 1.54) is 0 Å². The van der Waals surface area contributed by atoms with E-state index in [1.807, 2.05) is 19.9 Å². The van der Waals surface area contributed by atoms with Gasteiger partial charge in [-0.3, -0.25) is 4.79 Å². The van der Waals surface area contributed by atoms with Crippen LogP contribution in [0.5, 0.6) is 0 Å². The van der Waals surface area contributed by atoms with E-state index in [9.17, 15) is 9.90 Å². The highest BCUT2D eigenvalue weighted by Gasteiger charge is 2.21. The van der Waals surface area contributed by atoms with Gasteiger partial charge in [-0.25, -0.2) is 0 Å². The van der Waals surface area contributed by atoms with Crippen molar-refractivity contribution in [1.29, 1.82) is 0 Å². The lowest BCUT2D eigenvalue weighted by Gasteiger charge is -2.21. The molecule has 0 aliphatic rings. The van der Waals surface area contributed by atoms with E-state index in [1.54, 1.807) is 24.3 Å². The van der Waals surface area contributed by atoms with Crippen LogP contribution in [0, 0.1) is 5.92 Å². The number of amides is 1. The zero-order valence-electron chi connectivity index (χ0n) is 10.1. The third kappa shape index (κ3) is 3.84. The molecule has 0 heterocycles. The van der Waals surface area contributed by atoms with Crippen molar-refractivity contribution in [3.8, 4) is 0 Å². The van der Waals surface area contributed by atoms with Crippen LogP contribution in [-0.4, -0.2) is 28.8 Å². The molecule has 0 radical (unpaired) electrons. The Kier molecular flexibility index (Phi) is 5.12. The number of aliphatic hydroxyl groups is 2. The molecule has 0 aromatic heterocycles. The second kappa shape index (κ2) is 6.37. The summed E-state index contributed by atoms with van der Waals surface area (Å²) in [6.07, 6.45) is -1.19. The van der Waals surface area contributed by atoms with Crippen molar-refractivity contribution < 1.29 is 15.0 Å². The molecule has 0 aliphatic heterocycles. The van der Waals surface area contributed by atoms with Crippen LogP contribution in [0.3, 0.4) is 0 Å². The van der Waals surface area contributed by atoms with Crippen molar-refractivity contribution in [3.05, 3.63) is 35.9 Å². The third-order valence-corrected chi connectivity index (χ3v) is 2.69. The Hall–Kier alpha value is -1.39. The summed E-state index contributed by atoms with van der Waals surface area (Å²) in [7, 11) is 0. The van der Waals surface area contributed by atoms with Gasteiger partial charge in [-0.2, -0.15) is 0 Å². The van der Waals surface area contributed by atoms with E-state index < -0.39 is 12.0 Å². The summed E-state index contributed by atoms with van der Waals surface area (Å²) in [6.45, 7) is 3.66. The molecule has 17 heavy (non-hydrogen) atoms. The predicted molar refractivity (Wildman–Crippen MR) is 65.3 cm³/mol. The van der Waals surface area contributed by atoms with Gasteiger partial charge in [0.1, 0.15) is 0 Å². The first-order valence-corrected chi connectivity index (χ1v) is 5.70. The maximum atomic E-state index is 11.7. The van der Waals surface area contributed by atoms with Gasteiger partial charge in [-0.1, -0.05) is 44.2 Å². The fourth-order valence-electron chi connectivity index (χ4n) is 1.47. The van der Waals surface area contributed by atoms with E-state index >= 15 is 0 Å². The number of benzene rings is 1. The fourth-order valence-corrected chi connectivity index (χ4v) is 1.47. The second-order valence-corrected chi connectivity index (χ2v) is 4.35. The van der Waals surface area contributed by atoms with Gasteiger partial charge in [0.25, 0.3) is 5.91 Å². The molecule has 3 N–H and O–H groups in total. The van der Waals surface area contributed by atoms with Crippen LogP contribution in [0.4, 0.5) is 0 Å². The van der Waals surface area contributed by atoms with Gasteiger partial charge in [0.15, 0.2) is 6.10 Å². The summed E-state index contributed by atoms with van der Waals surface area (Å²) in [5.74, 6) is -0.365. The van der Waals surface area contributed by atoms with Crippen molar-refractivity contribution in [2.75, 3.05) is 6.61 Å². The quantitative estimate of drug-likeness (QED) is 0.711. The van der Waals surface area contributed by atoms with E-state index in [-0.39, 0.29) is 18.6 Å². The lowest BCUT2D eigenvalue weighted by Crippen LogP contribution is -2.43. The molecule has 0 saturated heterocycles. The van der Waals surface area contributed by atoms with Gasteiger partial charge in [0.2, 0.25) is 0 Å². The van der Waals surface area contributed by atoms with Crippen molar-refractivity contribution in [2.45, 2.75) is 26.0 Å². The van der Waals surface area contributed by atoms with Gasteiger partial charge in [-0.05, 0) is 11.5 Å². The molecule has 1 aromatic rings. The van der Waals surface area contributed by atoms with Gasteiger partial charge in [0, 0.05) is 0 Å². The second-order valence-electron chi connectivity index (χ2n) is 4.35. The number of aliphatic hydroxyl groups excluding tert-OH is 2. The standard InChI is InChI=1S/C13H19NO3/c1-9(2)11(8-15)14-13(17)12(16)10-6-4-3-5-7-10/h3-7,9,11-12,15-16H,8H2,1-2H3,(H,14,17)/t11?,12-/m1/s1. The Morgan fingerprint density at radius 2 is 1.88 bits per heavy atom. The first-order valence-electron chi connectivity index (χ1n) is 5.70. The van der Waals surface area contributed by atoms with Gasteiger partial charge >= 0.3 is 0 Å². The van der Waals surface area contributed by atoms with Crippen LogP contribution in [0.15, 0.2) is 30.3 Å². The van der Waals surface area contributed by atoms with E-state index in [0.29, 0.717) is 5.56 Å². The summed E-state index contributed by atoms with van der Waals surface area (Å²) < 4.78 is 0. The first-order chi connectivity index (χ1) is 8.06. The number of nitrogens with one attached hydrogen (secondary N) is 1. The predicted octanol–water partition coefficient (Wildman–Crippen LogP) is 0.853. The molecule has 1 unspecified atom stereocenters. The summed E-state index contributed by atoms with van der Waals surface area (Å²) in [4.78, 5) is 11.7. The highest BCUT2D eigenvalue weighted by Crippen LogP contribution is 2.13. The van der Waals surface area contributed by atoms with Crippen LogP contribution in [0.2, 0.25) is 0 Å². The maximum absolute atomic E-state index is 11.7. The van der Waals surface area contributed by atoms with Crippen molar-refractivity contribution in [1.82, 2.24) is 5.32 Å². The Bertz CT molecular complexity index is 351. The van der Waals surface area contributed by atoms with Crippen molar-refractivity contribution in [3.63, 3.8) is 0 Å². The monoisotopic (exact) mass is 237 g/mol. The number of rotatable bonds is 5. The lowest BCUT2D eigenvalue weighted by molar-refractivity contribution is -0.131. The van der Waals surface area contributed by atoms with Crippen LogP contribution < -0.4 is 5.32 Å². The molecular formula is C13H19NO3. The highest BCUT2D eigenvalue weighted by molar-refractivity contribution is 5.82. The summed E-state index contributed by atoms with van der Waals surface area (Å²) in [5.41, 5.74) is 0.547. The fraction of sp³-hybridized carbons (Fsp3) is 0.462.